The Balaban J connectivity index is 1.46. The van der Waals surface area contributed by atoms with Gasteiger partial charge in [-0.25, -0.2) is 0 Å². The van der Waals surface area contributed by atoms with Crippen molar-refractivity contribution in [1.82, 2.24) is 14.7 Å². The van der Waals surface area contributed by atoms with E-state index in [0.29, 0.717) is 25.8 Å². The van der Waals surface area contributed by atoms with E-state index in [0.717, 1.165) is 25.1 Å². The van der Waals surface area contributed by atoms with E-state index in [1.54, 1.807) is 6.26 Å². The van der Waals surface area contributed by atoms with Gasteiger partial charge < -0.3 is 14.3 Å². The lowest BCUT2D eigenvalue weighted by molar-refractivity contribution is 0.00308. The topological polar surface area (TPSA) is 63.7 Å². The van der Waals surface area contributed by atoms with E-state index in [2.05, 4.69) is 16.2 Å². The Morgan fingerprint density at radius 3 is 3.18 bits per heavy atom. The summed E-state index contributed by atoms with van der Waals surface area (Å²) in [6.07, 6.45) is 7.38. The van der Waals surface area contributed by atoms with Gasteiger partial charge in [0.15, 0.2) is 0 Å². The fourth-order valence-corrected chi connectivity index (χ4v) is 3.05. The van der Waals surface area contributed by atoms with Gasteiger partial charge in [-0.05, 0) is 31.5 Å². The molecule has 1 aliphatic heterocycles. The van der Waals surface area contributed by atoms with Crippen LogP contribution < -0.4 is 0 Å². The van der Waals surface area contributed by atoms with Gasteiger partial charge in [0.05, 0.1) is 25.2 Å². The molecule has 6 heteroatoms. The molecule has 120 valence electrons. The van der Waals surface area contributed by atoms with E-state index >= 15 is 0 Å². The predicted octanol–water partition coefficient (Wildman–Crippen LogP) is 1.73. The Hall–Kier alpha value is -1.63. The SMILES string of the molecule is Cn1cc([C@H]2CCCN2C[C@H](O)COCc2ccco2)cn1. The van der Waals surface area contributed by atoms with Crippen molar-refractivity contribution in [1.29, 1.82) is 0 Å². The van der Waals surface area contributed by atoms with Crippen molar-refractivity contribution in [2.75, 3.05) is 19.7 Å². The largest absolute Gasteiger partial charge is 0.467 e. The highest BCUT2D eigenvalue weighted by Crippen LogP contribution is 2.31. The summed E-state index contributed by atoms with van der Waals surface area (Å²) in [4.78, 5) is 2.32. The average molecular weight is 305 g/mol. The fourth-order valence-electron chi connectivity index (χ4n) is 3.05. The van der Waals surface area contributed by atoms with Crippen molar-refractivity contribution >= 4 is 0 Å². The fraction of sp³-hybridized carbons (Fsp3) is 0.562. The Labute approximate surface area is 130 Å². The smallest absolute Gasteiger partial charge is 0.129 e. The summed E-state index contributed by atoms with van der Waals surface area (Å²) in [5.74, 6) is 0.779. The molecule has 1 aliphatic rings. The van der Waals surface area contributed by atoms with Crippen LogP contribution in [0, 0.1) is 0 Å². The molecule has 1 N–H and O–H groups in total. The molecule has 3 heterocycles. The number of likely N-dealkylation sites (tertiary alicyclic amines) is 1. The standard InChI is InChI=1S/C16H23N3O3/c1-18-9-13(8-17-18)16-5-2-6-19(16)10-14(20)11-21-12-15-4-3-7-22-15/h3-4,7-9,14,16,20H,2,5-6,10-12H2,1H3/t14-,16+/m0/s1. The molecule has 2 aromatic rings. The summed E-state index contributed by atoms with van der Waals surface area (Å²) in [5, 5.41) is 14.4. The first kappa shape index (κ1) is 15.3. The van der Waals surface area contributed by atoms with Crippen LogP contribution in [0.3, 0.4) is 0 Å². The van der Waals surface area contributed by atoms with Gasteiger partial charge in [-0.15, -0.1) is 0 Å². The zero-order valence-corrected chi connectivity index (χ0v) is 12.9. The molecule has 0 amide bonds. The number of aromatic nitrogens is 2. The highest BCUT2D eigenvalue weighted by Gasteiger charge is 2.28. The van der Waals surface area contributed by atoms with E-state index in [1.807, 2.05) is 30.1 Å². The van der Waals surface area contributed by atoms with Crippen molar-refractivity contribution in [2.45, 2.75) is 31.6 Å². The minimum absolute atomic E-state index is 0.316. The normalized spacial score (nSPS) is 20.5. The van der Waals surface area contributed by atoms with E-state index in [-0.39, 0.29) is 0 Å². The van der Waals surface area contributed by atoms with Crippen molar-refractivity contribution in [3.05, 3.63) is 42.1 Å². The molecule has 0 bridgehead atoms. The molecule has 2 aromatic heterocycles. The summed E-state index contributed by atoms with van der Waals surface area (Å²) >= 11 is 0. The van der Waals surface area contributed by atoms with Gasteiger partial charge in [-0.1, -0.05) is 0 Å². The van der Waals surface area contributed by atoms with Gasteiger partial charge in [0.25, 0.3) is 0 Å². The first-order valence-electron chi connectivity index (χ1n) is 7.73. The zero-order valence-electron chi connectivity index (χ0n) is 12.9. The maximum atomic E-state index is 10.2. The van der Waals surface area contributed by atoms with Crippen molar-refractivity contribution in [2.24, 2.45) is 7.05 Å². The van der Waals surface area contributed by atoms with Crippen LogP contribution >= 0.6 is 0 Å². The molecule has 0 saturated carbocycles. The van der Waals surface area contributed by atoms with Gasteiger partial charge in [0.2, 0.25) is 0 Å². The zero-order chi connectivity index (χ0) is 15.4. The summed E-state index contributed by atoms with van der Waals surface area (Å²) in [6.45, 7) is 2.35. The van der Waals surface area contributed by atoms with Crippen LogP contribution in [0.15, 0.2) is 35.2 Å². The van der Waals surface area contributed by atoms with Gasteiger partial charge in [-0.2, -0.15) is 5.10 Å². The molecule has 2 atom stereocenters. The maximum absolute atomic E-state index is 10.2. The molecule has 0 unspecified atom stereocenters. The minimum atomic E-state index is -0.493. The van der Waals surface area contributed by atoms with Crippen molar-refractivity contribution in [3.8, 4) is 0 Å². The van der Waals surface area contributed by atoms with Gasteiger partial charge >= 0.3 is 0 Å². The third-order valence-corrected chi connectivity index (χ3v) is 4.05. The Bertz CT molecular complexity index is 567. The quantitative estimate of drug-likeness (QED) is 0.844. The number of ether oxygens (including phenoxy) is 1. The minimum Gasteiger partial charge on any atom is -0.467 e. The van der Waals surface area contributed by atoms with Crippen molar-refractivity contribution in [3.63, 3.8) is 0 Å². The van der Waals surface area contributed by atoms with Crippen LogP contribution in [-0.2, 0) is 18.4 Å². The summed E-state index contributed by atoms with van der Waals surface area (Å²) < 4.78 is 12.5. The number of β-amino-alcohol motifs (C(OH)–C–C–N with tert-alkyl or cyclic N) is 1. The highest BCUT2D eigenvalue weighted by atomic mass is 16.5. The lowest BCUT2D eigenvalue weighted by Crippen LogP contribution is -2.34. The number of hydrogen-bond donors (Lipinski definition) is 1. The Kier molecular flexibility index (Phi) is 4.92. The number of aryl methyl sites for hydroxylation is 1. The first-order valence-corrected chi connectivity index (χ1v) is 7.73. The van der Waals surface area contributed by atoms with Crippen LogP contribution in [0.1, 0.15) is 30.2 Å². The summed E-state index contributed by atoms with van der Waals surface area (Å²) in [7, 11) is 1.93. The molecule has 1 saturated heterocycles. The van der Waals surface area contributed by atoms with Crippen LogP contribution in [-0.4, -0.2) is 45.6 Å². The number of aliphatic hydroxyl groups is 1. The van der Waals surface area contributed by atoms with Crippen LogP contribution in [0.5, 0.6) is 0 Å². The van der Waals surface area contributed by atoms with E-state index in [4.69, 9.17) is 9.15 Å². The summed E-state index contributed by atoms with van der Waals surface area (Å²) in [5.41, 5.74) is 1.23. The third kappa shape index (κ3) is 3.76. The molecule has 0 aromatic carbocycles. The maximum Gasteiger partial charge on any atom is 0.129 e. The molecule has 0 spiro atoms. The third-order valence-electron chi connectivity index (χ3n) is 4.05. The molecule has 3 rings (SSSR count). The number of aliphatic hydroxyl groups excluding tert-OH is 1. The Morgan fingerprint density at radius 2 is 2.45 bits per heavy atom. The monoisotopic (exact) mass is 305 g/mol. The lowest BCUT2D eigenvalue weighted by Gasteiger charge is -2.26. The molecule has 0 aliphatic carbocycles. The second kappa shape index (κ2) is 7.09. The van der Waals surface area contributed by atoms with E-state index in [1.165, 1.54) is 5.56 Å². The average Bonchev–Trinajstić information content (AvgIpc) is 3.20. The first-order chi connectivity index (χ1) is 10.7. The van der Waals surface area contributed by atoms with Crippen LogP contribution in [0.25, 0.3) is 0 Å². The van der Waals surface area contributed by atoms with Crippen LogP contribution in [0.2, 0.25) is 0 Å². The molecule has 22 heavy (non-hydrogen) atoms. The molecule has 0 radical (unpaired) electrons. The van der Waals surface area contributed by atoms with Crippen LogP contribution in [0.4, 0.5) is 0 Å². The number of nitrogens with zero attached hydrogens (tertiary/aromatic N) is 3. The van der Waals surface area contributed by atoms with E-state index in [9.17, 15) is 5.11 Å². The highest BCUT2D eigenvalue weighted by molar-refractivity contribution is 5.12. The summed E-state index contributed by atoms with van der Waals surface area (Å²) in [6, 6.07) is 4.05. The Morgan fingerprint density at radius 1 is 1.55 bits per heavy atom. The number of furan rings is 1. The lowest BCUT2D eigenvalue weighted by atomic mass is 10.1. The molecular weight excluding hydrogens is 282 g/mol. The van der Waals surface area contributed by atoms with Gasteiger partial charge in [0.1, 0.15) is 12.4 Å². The molecule has 1 fully saturated rings. The second-order valence-electron chi connectivity index (χ2n) is 5.85. The molecular formula is C16H23N3O3. The number of hydrogen-bond acceptors (Lipinski definition) is 5. The predicted molar refractivity (Wildman–Crippen MR) is 81.1 cm³/mol. The van der Waals surface area contributed by atoms with E-state index < -0.39 is 6.10 Å². The number of rotatable bonds is 7. The second-order valence-corrected chi connectivity index (χ2v) is 5.85. The van der Waals surface area contributed by atoms with Gasteiger partial charge in [-0.3, -0.25) is 9.58 Å². The molecule has 6 nitrogen and oxygen atoms in total. The van der Waals surface area contributed by atoms with Gasteiger partial charge in [0, 0.05) is 31.4 Å². The van der Waals surface area contributed by atoms with Crippen molar-refractivity contribution < 1.29 is 14.3 Å².